The number of hydrogen-bond donors (Lipinski definition) is 0. The molecule has 1 aromatic heterocycles. The smallest absolute Gasteiger partial charge is 0.259 e. The Balaban J connectivity index is 1.42. The molecule has 0 saturated carbocycles. The van der Waals surface area contributed by atoms with Gasteiger partial charge in [0.2, 0.25) is 0 Å². The lowest BCUT2D eigenvalue weighted by molar-refractivity contribution is -0.120. The number of carbonyl (C=O) groups is 2. The molecule has 180 valence electrons. The van der Waals surface area contributed by atoms with Crippen LogP contribution in [0.3, 0.4) is 0 Å². The van der Waals surface area contributed by atoms with Crippen LogP contribution in [-0.4, -0.2) is 32.3 Å². The van der Waals surface area contributed by atoms with Crippen LogP contribution in [0.25, 0.3) is 4.85 Å². The van der Waals surface area contributed by atoms with E-state index >= 15 is 4.39 Å². The molecule has 2 aliphatic heterocycles. The number of carbonyl (C=O) groups excluding carboxylic acids is 2. The van der Waals surface area contributed by atoms with Gasteiger partial charge in [-0.3, -0.25) is 19.5 Å². The van der Waals surface area contributed by atoms with Gasteiger partial charge in [0.1, 0.15) is 11.4 Å². The maximum absolute atomic E-state index is 15.3. The Labute approximate surface area is 213 Å². The fraction of sp³-hybridized carbons (Fsp3) is 0.222. The van der Waals surface area contributed by atoms with Crippen LogP contribution in [0.4, 0.5) is 21.5 Å². The average Bonchev–Trinajstić information content (AvgIpc) is 3.25. The van der Waals surface area contributed by atoms with Gasteiger partial charge in [-0.15, -0.1) is 0 Å². The third-order valence-corrected chi connectivity index (χ3v) is 7.00. The summed E-state index contributed by atoms with van der Waals surface area (Å²) in [6.45, 7) is 13.0. The molecule has 0 bridgehead atoms. The van der Waals surface area contributed by atoms with Crippen LogP contribution >= 0.6 is 12.2 Å². The minimum absolute atomic E-state index is 0.104. The molecule has 0 N–H and O–H groups in total. The van der Waals surface area contributed by atoms with Gasteiger partial charge in [-0.05, 0) is 75.0 Å². The number of hydrogen-bond acceptors (Lipinski definition) is 4. The van der Waals surface area contributed by atoms with Crippen LogP contribution in [0, 0.1) is 19.3 Å². The Morgan fingerprint density at radius 1 is 1.14 bits per heavy atom. The minimum atomic E-state index is -1.06. The van der Waals surface area contributed by atoms with E-state index in [0.717, 1.165) is 5.56 Å². The molecule has 0 aliphatic carbocycles. The van der Waals surface area contributed by atoms with Gasteiger partial charge < -0.3 is 9.80 Å². The first-order chi connectivity index (χ1) is 17.1. The largest absolute Gasteiger partial charge is 0.328 e. The highest BCUT2D eigenvalue weighted by Crippen LogP contribution is 2.38. The first kappa shape index (κ1) is 23.6. The fourth-order valence-electron chi connectivity index (χ4n) is 4.68. The van der Waals surface area contributed by atoms with Gasteiger partial charge in [-0.25, -0.2) is 9.24 Å². The molecular weight excluding hydrogens is 477 g/mol. The Bertz CT molecular complexity index is 1500. The molecule has 0 atom stereocenters. The number of benzene rings is 2. The van der Waals surface area contributed by atoms with Crippen molar-refractivity contribution in [1.29, 1.82) is 0 Å². The first-order valence-corrected chi connectivity index (χ1v) is 11.7. The van der Waals surface area contributed by atoms with E-state index in [-0.39, 0.29) is 23.5 Å². The Kier molecular flexibility index (Phi) is 5.57. The molecule has 5 rings (SSSR count). The van der Waals surface area contributed by atoms with E-state index in [4.69, 9.17) is 18.8 Å². The zero-order valence-electron chi connectivity index (χ0n) is 19.9. The van der Waals surface area contributed by atoms with Crippen molar-refractivity contribution < 1.29 is 14.0 Å². The molecule has 0 radical (unpaired) electrons. The Morgan fingerprint density at radius 3 is 2.56 bits per heavy atom. The SMILES string of the molecule is [C-]#[N+]c1ccc(N2C(=O)C(C)(C)N(c3ccc(CN4Cc5ncccc5C4=O)c(F)c3)C2=S)cc1C. The summed E-state index contributed by atoms with van der Waals surface area (Å²) in [5.41, 5.74) is 2.75. The molecule has 1 saturated heterocycles. The summed E-state index contributed by atoms with van der Waals surface area (Å²) in [7, 11) is 0. The van der Waals surface area contributed by atoms with Gasteiger partial charge in [-0.2, -0.15) is 0 Å². The van der Waals surface area contributed by atoms with Crippen molar-refractivity contribution in [3.63, 3.8) is 0 Å². The summed E-state index contributed by atoms with van der Waals surface area (Å²) >= 11 is 5.69. The van der Waals surface area contributed by atoms with Crippen LogP contribution < -0.4 is 9.80 Å². The summed E-state index contributed by atoms with van der Waals surface area (Å²) in [6.07, 6.45) is 1.64. The molecule has 9 heteroatoms. The van der Waals surface area contributed by atoms with Crippen molar-refractivity contribution in [1.82, 2.24) is 9.88 Å². The quantitative estimate of drug-likeness (QED) is 0.367. The van der Waals surface area contributed by atoms with Crippen molar-refractivity contribution in [2.45, 2.75) is 39.4 Å². The predicted molar refractivity (Wildman–Crippen MR) is 138 cm³/mol. The average molecular weight is 500 g/mol. The number of rotatable bonds is 4. The van der Waals surface area contributed by atoms with Crippen molar-refractivity contribution in [2.75, 3.05) is 9.80 Å². The highest BCUT2D eigenvalue weighted by molar-refractivity contribution is 7.81. The number of halogens is 1. The standard InChI is InChI=1S/C27H22FN5O2S/c1-16-12-18(9-10-22(16)29-4)32-25(35)27(2,3)33(26(32)36)19-8-7-17(21(28)13-19)14-31-15-23-20(24(31)34)6-5-11-30-23/h5-13H,14-15H2,1-3H3. The van der Waals surface area contributed by atoms with Crippen molar-refractivity contribution in [2.24, 2.45) is 0 Å². The number of thiocarbonyl (C=S) groups is 1. The van der Waals surface area contributed by atoms with Crippen LogP contribution in [0.15, 0.2) is 54.7 Å². The fourth-order valence-corrected chi connectivity index (χ4v) is 5.20. The van der Waals surface area contributed by atoms with E-state index in [9.17, 15) is 9.59 Å². The second-order valence-electron chi connectivity index (χ2n) is 9.33. The van der Waals surface area contributed by atoms with Gasteiger partial charge in [-0.1, -0.05) is 12.1 Å². The summed E-state index contributed by atoms with van der Waals surface area (Å²) in [5.74, 6) is -0.921. The number of anilines is 2. The lowest BCUT2D eigenvalue weighted by Gasteiger charge is -2.29. The maximum Gasteiger partial charge on any atom is 0.259 e. The normalized spacial score (nSPS) is 16.5. The van der Waals surface area contributed by atoms with Crippen LogP contribution in [0.2, 0.25) is 0 Å². The van der Waals surface area contributed by atoms with Crippen LogP contribution in [0.1, 0.15) is 41.0 Å². The monoisotopic (exact) mass is 499 g/mol. The van der Waals surface area contributed by atoms with Gasteiger partial charge >= 0.3 is 0 Å². The van der Waals surface area contributed by atoms with E-state index in [1.54, 1.807) is 79.2 Å². The van der Waals surface area contributed by atoms with Crippen LogP contribution in [0.5, 0.6) is 0 Å². The molecule has 2 aliphatic rings. The second-order valence-corrected chi connectivity index (χ2v) is 9.70. The number of nitrogens with zero attached hydrogens (tertiary/aromatic N) is 5. The zero-order chi connectivity index (χ0) is 25.8. The second kappa shape index (κ2) is 8.50. The lowest BCUT2D eigenvalue weighted by atomic mass is 10.0. The van der Waals surface area contributed by atoms with Gasteiger partial charge in [0.05, 0.1) is 24.4 Å². The summed E-state index contributed by atoms with van der Waals surface area (Å²) in [4.78, 5) is 38.4. The molecular formula is C27H22FN5O2S. The molecule has 36 heavy (non-hydrogen) atoms. The highest BCUT2D eigenvalue weighted by Gasteiger charge is 2.50. The van der Waals surface area contributed by atoms with E-state index in [1.165, 1.54) is 11.0 Å². The van der Waals surface area contributed by atoms with Gasteiger partial charge in [0.15, 0.2) is 10.8 Å². The number of aromatic nitrogens is 1. The van der Waals surface area contributed by atoms with Crippen LogP contribution in [-0.2, 0) is 17.9 Å². The summed E-state index contributed by atoms with van der Waals surface area (Å²) in [5, 5.41) is 0.225. The number of aryl methyl sites for hydroxylation is 1. The molecule has 3 heterocycles. The number of pyridine rings is 1. The van der Waals surface area contributed by atoms with Gasteiger partial charge in [0, 0.05) is 29.7 Å². The molecule has 0 spiro atoms. The zero-order valence-corrected chi connectivity index (χ0v) is 20.8. The van der Waals surface area contributed by atoms with Crippen molar-refractivity contribution >= 4 is 46.2 Å². The number of fused-ring (bicyclic) bond motifs is 1. The molecule has 7 nitrogen and oxygen atoms in total. The summed E-state index contributed by atoms with van der Waals surface area (Å²) in [6, 6.07) is 13.2. The van der Waals surface area contributed by atoms with E-state index in [2.05, 4.69) is 9.83 Å². The Morgan fingerprint density at radius 2 is 1.89 bits per heavy atom. The van der Waals surface area contributed by atoms with E-state index in [1.807, 2.05) is 0 Å². The minimum Gasteiger partial charge on any atom is -0.328 e. The molecule has 2 aromatic carbocycles. The maximum atomic E-state index is 15.3. The third kappa shape index (κ3) is 3.62. The molecule has 0 unspecified atom stereocenters. The van der Waals surface area contributed by atoms with E-state index < -0.39 is 11.4 Å². The lowest BCUT2D eigenvalue weighted by Crippen LogP contribution is -2.44. The Hall–Kier alpha value is -4.16. The van der Waals surface area contributed by atoms with Crippen molar-refractivity contribution in [3.8, 4) is 0 Å². The molecule has 2 amide bonds. The number of amides is 2. The predicted octanol–water partition coefficient (Wildman–Crippen LogP) is 5.15. The van der Waals surface area contributed by atoms with Gasteiger partial charge in [0.25, 0.3) is 11.8 Å². The highest BCUT2D eigenvalue weighted by atomic mass is 32.1. The van der Waals surface area contributed by atoms with E-state index in [0.29, 0.717) is 40.4 Å². The topological polar surface area (TPSA) is 61.1 Å². The molecule has 3 aromatic rings. The molecule has 1 fully saturated rings. The first-order valence-electron chi connectivity index (χ1n) is 11.3. The third-order valence-electron chi connectivity index (χ3n) is 6.63. The summed E-state index contributed by atoms with van der Waals surface area (Å²) < 4.78 is 15.3. The van der Waals surface area contributed by atoms with Crippen molar-refractivity contribution in [3.05, 3.63) is 94.3 Å².